The van der Waals surface area contributed by atoms with E-state index >= 15 is 0 Å². The van der Waals surface area contributed by atoms with Crippen molar-refractivity contribution in [3.8, 4) is 16.9 Å². The number of nitrogens with zero attached hydrogens (tertiary/aromatic N) is 3. The standard InChI is InChI=1S/C30H39BrN4O/c1-2-3-4-5-6-7-8-9-10-11-15-18-29(36)33-32-23-26-24-35(28-16-13-12-14-17-28)34-30(26)25-19-21-27(31)22-20-25/h12-14,16-17,19-24H,2-11,15,18H2,1H3,(H,33,36)/b32-23-. The molecule has 6 heteroatoms. The summed E-state index contributed by atoms with van der Waals surface area (Å²) < 4.78 is 2.85. The Kier molecular flexibility index (Phi) is 12.5. The maximum atomic E-state index is 12.3. The number of hydrogen-bond acceptors (Lipinski definition) is 3. The van der Waals surface area contributed by atoms with Crippen LogP contribution in [0.5, 0.6) is 0 Å². The molecule has 192 valence electrons. The Labute approximate surface area is 224 Å². The molecule has 1 heterocycles. The Balaban J connectivity index is 1.44. The van der Waals surface area contributed by atoms with E-state index in [2.05, 4.69) is 33.4 Å². The number of rotatable bonds is 16. The zero-order valence-electron chi connectivity index (χ0n) is 21.5. The highest BCUT2D eigenvalue weighted by molar-refractivity contribution is 9.10. The lowest BCUT2D eigenvalue weighted by Gasteiger charge is -2.03. The van der Waals surface area contributed by atoms with Gasteiger partial charge in [0.05, 0.1) is 11.9 Å². The first-order valence-electron chi connectivity index (χ1n) is 13.4. The molecule has 0 aliphatic rings. The van der Waals surface area contributed by atoms with Crippen molar-refractivity contribution >= 4 is 28.1 Å². The van der Waals surface area contributed by atoms with Crippen LogP contribution in [-0.4, -0.2) is 21.9 Å². The first-order valence-corrected chi connectivity index (χ1v) is 14.2. The number of carbonyl (C=O) groups excluding carboxylic acids is 1. The van der Waals surface area contributed by atoms with Crippen LogP contribution in [0, 0.1) is 0 Å². The van der Waals surface area contributed by atoms with Crippen LogP contribution < -0.4 is 5.43 Å². The van der Waals surface area contributed by atoms with Gasteiger partial charge in [-0.15, -0.1) is 0 Å². The van der Waals surface area contributed by atoms with Gasteiger partial charge < -0.3 is 0 Å². The summed E-state index contributed by atoms with van der Waals surface area (Å²) >= 11 is 3.49. The molecule has 2 aromatic carbocycles. The Hall–Kier alpha value is -2.73. The van der Waals surface area contributed by atoms with Crippen molar-refractivity contribution < 1.29 is 4.79 Å². The Bertz CT molecular complexity index is 1060. The van der Waals surface area contributed by atoms with Crippen molar-refractivity contribution in [2.75, 3.05) is 0 Å². The van der Waals surface area contributed by atoms with Crippen molar-refractivity contribution in [1.82, 2.24) is 15.2 Å². The van der Waals surface area contributed by atoms with Crippen molar-refractivity contribution in [1.29, 1.82) is 0 Å². The topological polar surface area (TPSA) is 59.3 Å². The summed E-state index contributed by atoms with van der Waals surface area (Å²) in [5.41, 5.74) is 6.30. The Morgan fingerprint density at radius 1 is 0.889 bits per heavy atom. The lowest BCUT2D eigenvalue weighted by Crippen LogP contribution is -2.16. The SMILES string of the molecule is CCCCCCCCCCCCCC(=O)N/N=C\c1cn(-c2ccccc2)nc1-c1ccc(Br)cc1. The van der Waals surface area contributed by atoms with Crippen LogP contribution in [-0.2, 0) is 4.79 Å². The van der Waals surface area contributed by atoms with Crippen LogP contribution in [0.3, 0.4) is 0 Å². The zero-order chi connectivity index (χ0) is 25.4. The maximum Gasteiger partial charge on any atom is 0.240 e. The van der Waals surface area contributed by atoms with E-state index in [1.165, 1.54) is 57.8 Å². The first kappa shape index (κ1) is 27.9. The lowest BCUT2D eigenvalue weighted by molar-refractivity contribution is -0.121. The molecular formula is C30H39BrN4O. The number of para-hydroxylation sites is 1. The number of aromatic nitrogens is 2. The molecule has 36 heavy (non-hydrogen) atoms. The van der Waals surface area contributed by atoms with Crippen LogP contribution in [0.2, 0.25) is 0 Å². The van der Waals surface area contributed by atoms with Gasteiger partial charge in [-0.05, 0) is 30.7 Å². The number of nitrogens with one attached hydrogen (secondary N) is 1. The number of amides is 1. The van der Waals surface area contributed by atoms with Crippen molar-refractivity contribution in [2.45, 2.75) is 84.0 Å². The molecule has 0 fully saturated rings. The van der Waals surface area contributed by atoms with E-state index in [1.807, 2.05) is 65.5 Å². The van der Waals surface area contributed by atoms with Crippen LogP contribution in [0.15, 0.2) is 70.4 Å². The molecule has 0 bridgehead atoms. The van der Waals surface area contributed by atoms with Gasteiger partial charge in [-0.2, -0.15) is 10.2 Å². The second kappa shape index (κ2) is 16.1. The normalized spacial score (nSPS) is 11.3. The molecule has 0 radical (unpaired) electrons. The predicted octanol–water partition coefficient (Wildman–Crippen LogP) is 8.45. The van der Waals surface area contributed by atoms with Gasteiger partial charge in [-0.1, -0.05) is 117 Å². The van der Waals surface area contributed by atoms with Gasteiger partial charge in [-0.3, -0.25) is 4.79 Å². The molecule has 3 rings (SSSR count). The third kappa shape index (κ3) is 9.73. The fourth-order valence-corrected chi connectivity index (χ4v) is 4.47. The first-order chi connectivity index (χ1) is 17.7. The molecule has 3 aromatic rings. The van der Waals surface area contributed by atoms with E-state index in [-0.39, 0.29) is 5.91 Å². The third-order valence-corrected chi connectivity index (χ3v) is 6.81. The van der Waals surface area contributed by atoms with Crippen molar-refractivity contribution in [3.63, 3.8) is 0 Å². The van der Waals surface area contributed by atoms with Crippen LogP contribution in [0.25, 0.3) is 16.9 Å². The molecule has 1 aromatic heterocycles. The lowest BCUT2D eigenvalue weighted by atomic mass is 10.1. The Morgan fingerprint density at radius 3 is 2.14 bits per heavy atom. The Morgan fingerprint density at radius 2 is 1.50 bits per heavy atom. The molecule has 0 saturated heterocycles. The van der Waals surface area contributed by atoms with E-state index in [4.69, 9.17) is 5.10 Å². The molecule has 0 spiro atoms. The number of halogens is 1. The average molecular weight is 552 g/mol. The largest absolute Gasteiger partial charge is 0.273 e. The summed E-state index contributed by atoms with van der Waals surface area (Å²) in [6, 6.07) is 18.0. The molecular weight excluding hydrogens is 512 g/mol. The van der Waals surface area contributed by atoms with E-state index in [0.717, 1.165) is 39.8 Å². The fraction of sp³-hybridized carbons (Fsp3) is 0.433. The van der Waals surface area contributed by atoms with Gasteiger partial charge >= 0.3 is 0 Å². The summed E-state index contributed by atoms with van der Waals surface area (Å²) in [6.45, 7) is 2.26. The maximum absolute atomic E-state index is 12.3. The highest BCUT2D eigenvalue weighted by Crippen LogP contribution is 2.24. The van der Waals surface area contributed by atoms with E-state index in [9.17, 15) is 4.79 Å². The summed E-state index contributed by atoms with van der Waals surface area (Å²) in [4.78, 5) is 12.3. The highest BCUT2D eigenvalue weighted by Gasteiger charge is 2.11. The van der Waals surface area contributed by atoms with Gasteiger partial charge in [0.15, 0.2) is 0 Å². The van der Waals surface area contributed by atoms with E-state index in [0.29, 0.717) is 6.42 Å². The van der Waals surface area contributed by atoms with Crippen LogP contribution in [0.1, 0.15) is 89.5 Å². The highest BCUT2D eigenvalue weighted by atomic mass is 79.9. The van der Waals surface area contributed by atoms with Gasteiger partial charge in [0.2, 0.25) is 5.91 Å². The molecule has 0 saturated carbocycles. The molecule has 0 atom stereocenters. The summed E-state index contributed by atoms with van der Waals surface area (Å²) in [6.07, 6.45) is 18.1. The fourth-order valence-electron chi connectivity index (χ4n) is 4.21. The minimum absolute atomic E-state index is 0.0391. The summed E-state index contributed by atoms with van der Waals surface area (Å²) in [7, 11) is 0. The number of carbonyl (C=O) groups is 1. The number of hydrazone groups is 1. The van der Waals surface area contributed by atoms with Crippen molar-refractivity contribution in [3.05, 3.63) is 70.8 Å². The van der Waals surface area contributed by atoms with Gasteiger partial charge in [0, 0.05) is 28.2 Å². The van der Waals surface area contributed by atoms with Gasteiger partial charge in [0.1, 0.15) is 5.69 Å². The summed E-state index contributed by atoms with van der Waals surface area (Å²) in [5.74, 6) is -0.0391. The monoisotopic (exact) mass is 550 g/mol. The van der Waals surface area contributed by atoms with Crippen LogP contribution >= 0.6 is 15.9 Å². The van der Waals surface area contributed by atoms with Crippen LogP contribution in [0.4, 0.5) is 0 Å². The summed E-state index contributed by atoms with van der Waals surface area (Å²) in [5, 5.41) is 9.02. The second-order valence-corrected chi connectivity index (χ2v) is 10.2. The smallest absolute Gasteiger partial charge is 0.240 e. The molecule has 0 aliphatic heterocycles. The zero-order valence-corrected chi connectivity index (χ0v) is 23.0. The third-order valence-electron chi connectivity index (χ3n) is 6.28. The molecule has 1 amide bonds. The quantitative estimate of drug-likeness (QED) is 0.110. The molecule has 0 aliphatic carbocycles. The minimum Gasteiger partial charge on any atom is -0.273 e. The molecule has 5 nitrogen and oxygen atoms in total. The average Bonchev–Trinajstić information content (AvgIpc) is 3.32. The van der Waals surface area contributed by atoms with Crippen molar-refractivity contribution in [2.24, 2.45) is 5.10 Å². The second-order valence-electron chi connectivity index (χ2n) is 9.30. The van der Waals surface area contributed by atoms with E-state index in [1.54, 1.807) is 6.21 Å². The van der Waals surface area contributed by atoms with E-state index < -0.39 is 0 Å². The molecule has 0 unspecified atom stereocenters. The number of hydrogen-bond donors (Lipinski definition) is 1. The number of benzene rings is 2. The predicted molar refractivity (Wildman–Crippen MR) is 154 cm³/mol. The van der Waals surface area contributed by atoms with Gasteiger partial charge in [-0.25, -0.2) is 10.1 Å². The molecule has 1 N–H and O–H groups in total. The number of unbranched alkanes of at least 4 members (excludes halogenated alkanes) is 10. The minimum atomic E-state index is -0.0391. The van der Waals surface area contributed by atoms with Gasteiger partial charge in [0.25, 0.3) is 0 Å².